The molecule has 0 radical (unpaired) electrons. The molecule has 200 valence electrons. The topological polar surface area (TPSA) is 77.0 Å². The maximum atomic E-state index is 13.4. The number of aliphatic hydroxyl groups is 1. The van der Waals surface area contributed by atoms with Crippen LogP contribution in [0.4, 0.5) is 5.82 Å². The number of hydrogen-bond acceptors (Lipinski definition) is 5. The maximum absolute atomic E-state index is 13.4. The third-order valence-corrected chi connectivity index (χ3v) is 8.39. The van der Waals surface area contributed by atoms with E-state index in [1.807, 2.05) is 43.4 Å². The zero-order valence-corrected chi connectivity index (χ0v) is 23.0. The van der Waals surface area contributed by atoms with Crippen LogP contribution in [0.1, 0.15) is 60.9 Å². The quantitative estimate of drug-likeness (QED) is 0.484. The highest BCUT2D eigenvalue weighted by molar-refractivity contribution is 6.32. The summed E-state index contributed by atoms with van der Waals surface area (Å²) in [6.07, 6.45) is 6.89. The fourth-order valence-corrected chi connectivity index (χ4v) is 5.74. The predicted octanol–water partition coefficient (Wildman–Crippen LogP) is 4.58. The Bertz CT molecular complexity index is 1080. The fraction of sp³-hybridized carbons (Fsp3) is 0.552. The second kappa shape index (κ2) is 11.8. The van der Waals surface area contributed by atoms with Crippen LogP contribution in [-0.2, 0) is 10.4 Å². The van der Waals surface area contributed by atoms with Crippen LogP contribution in [0.5, 0.6) is 0 Å². The molecule has 1 saturated carbocycles. The summed E-state index contributed by atoms with van der Waals surface area (Å²) in [6.45, 7) is 2.41. The normalized spacial score (nSPS) is 18.1. The smallest absolute Gasteiger partial charge is 0.259 e. The number of piperidine rings is 1. The number of carbonyl (C=O) groups excluding carboxylic acids is 2. The molecule has 1 aromatic carbocycles. The zero-order valence-electron chi connectivity index (χ0n) is 22.2. The lowest BCUT2D eigenvalue weighted by atomic mass is 9.69. The molecular weight excluding hydrogens is 488 g/mol. The van der Waals surface area contributed by atoms with Crippen LogP contribution >= 0.6 is 11.6 Å². The number of halogens is 1. The van der Waals surface area contributed by atoms with Gasteiger partial charge in [0.2, 0.25) is 0 Å². The van der Waals surface area contributed by atoms with E-state index in [-0.39, 0.29) is 22.9 Å². The van der Waals surface area contributed by atoms with E-state index >= 15 is 0 Å². The Labute approximate surface area is 225 Å². The van der Waals surface area contributed by atoms with Gasteiger partial charge in [0, 0.05) is 46.7 Å². The number of amides is 2. The molecule has 2 amide bonds. The van der Waals surface area contributed by atoms with Gasteiger partial charge in [-0.1, -0.05) is 48.4 Å². The molecule has 1 unspecified atom stereocenters. The number of hydrogen-bond donors (Lipinski definition) is 1. The van der Waals surface area contributed by atoms with Gasteiger partial charge in [-0.05, 0) is 62.1 Å². The van der Waals surface area contributed by atoms with Gasteiger partial charge in [0.15, 0.2) is 5.60 Å². The van der Waals surface area contributed by atoms with Crippen molar-refractivity contribution in [1.29, 1.82) is 0 Å². The number of anilines is 1. The van der Waals surface area contributed by atoms with Crippen molar-refractivity contribution >= 4 is 29.2 Å². The van der Waals surface area contributed by atoms with E-state index in [1.165, 1.54) is 4.90 Å². The van der Waals surface area contributed by atoms with Crippen LogP contribution in [0.15, 0.2) is 42.5 Å². The van der Waals surface area contributed by atoms with Crippen molar-refractivity contribution < 1.29 is 14.7 Å². The van der Waals surface area contributed by atoms with Crippen molar-refractivity contribution in [3.05, 3.63) is 58.7 Å². The molecule has 8 heteroatoms. The van der Waals surface area contributed by atoms with Crippen LogP contribution in [-0.4, -0.2) is 72.5 Å². The van der Waals surface area contributed by atoms with Crippen molar-refractivity contribution in [1.82, 2.24) is 14.8 Å². The van der Waals surface area contributed by atoms with E-state index in [4.69, 9.17) is 11.6 Å². The molecule has 37 heavy (non-hydrogen) atoms. The first-order valence-electron chi connectivity index (χ1n) is 13.4. The summed E-state index contributed by atoms with van der Waals surface area (Å²) in [5.74, 6) is 1.05. The number of nitrogens with zero attached hydrogens (tertiary/aromatic N) is 4. The first-order valence-corrected chi connectivity index (χ1v) is 13.8. The summed E-state index contributed by atoms with van der Waals surface area (Å²) in [4.78, 5) is 35.6. The third kappa shape index (κ3) is 5.93. The summed E-state index contributed by atoms with van der Waals surface area (Å²) >= 11 is 6.31. The highest BCUT2D eigenvalue weighted by Gasteiger charge is 2.48. The number of rotatable bonds is 9. The van der Waals surface area contributed by atoms with Crippen LogP contribution in [0, 0.1) is 11.8 Å². The van der Waals surface area contributed by atoms with Crippen molar-refractivity contribution in [3.63, 3.8) is 0 Å². The molecule has 1 saturated heterocycles. The summed E-state index contributed by atoms with van der Waals surface area (Å²) < 4.78 is 0. The summed E-state index contributed by atoms with van der Waals surface area (Å²) in [6, 6.07) is 13.1. The summed E-state index contributed by atoms with van der Waals surface area (Å²) in [5, 5.41) is 11.8. The number of benzene rings is 1. The van der Waals surface area contributed by atoms with Gasteiger partial charge in [0.25, 0.3) is 11.8 Å². The van der Waals surface area contributed by atoms with E-state index in [1.54, 1.807) is 25.1 Å². The van der Waals surface area contributed by atoms with E-state index in [0.29, 0.717) is 23.6 Å². The summed E-state index contributed by atoms with van der Waals surface area (Å²) in [7, 11) is 5.21. The van der Waals surface area contributed by atoms with Crippen LogP contribution in [0.3, 0.4) is 0 Å². The molecule has 1 N–H and O–H groups in total. The average Bonchev–Trinajstić information content (AvgIpc) is 2.87. The van der Waals surface area contributed by atoms with Crippen LogP contribution in [0.25, 0.3) is 0 Å². The van der Waals surface area contributed by atoms with Gasteiger partial charge in [-0.2, -0.15) is 0 Å². The average molecular weight is 527 g/mol. The number of aromatic nitrogens is 1. The van der Waals surface area contributed by atoms with Crippen LogP contribution in [0.2, 0.25) is 5.15 Å². The standard InChI is InChI=1S/C29H39ClN4O3/c1-32(2)27(35)24-14-15-25(31-26(24)30)34-19-16-21(17-20-34)9-8-18-33(3)28(36)29(37,23-12-7-13-23)22-10-5-4-6-11-22/h4-6,10-11,14-15,21,23,37H,7-9,12-13,16-20H2,1-3H3. The predicted molar refractivity (Wildman–Crippen MR) is 147 cm³/mol. The van der Waals surface area contributed by atoms with Gasteiger partial charge in [-0.25, -0.2) is 4.98 Å². The monoisotopic (exact) mass is 526 g/mol. The van der Waals surface area contributed by atoms with Gasteiger partial charge in [-0.3, -0.25) is 9.59 Å². The second-order valence-electron chi connectivity index (χ2n) is 10.8. The van der Waals surface area contributed by atoms with E-state index in [0.717, 1.165) is 63.9 Å². The molecule has 7 nitrogen and oxygen atoms in total. The third-order valence-electron chi connectivity index (χ3n) is 8.10. The minimum Gasteiger partial charge on any atom is -0.375 e. The highest BCUT2D eigenvalue weighted by Crippen LogP contribution is 2.43. The van der Waals surface area contributed by atoms with E-state index in [9.17, 15) is 14.7 Å². The Kier molecular flexibility index (Phi) is 8.75. The first-order chi connectivity index (χ1) is 17.7. The number of pyridine rings is 1. The van der Waals surface area contributed by atoms with Gasteiger partial charge in [-0.15, -0.1) is 0 Å². The number of likely N-dealkylation sites (N-methyl/N-ethyl adjacent to an activating group) is 1. The minimum absolute atomic E-state index is 0.00800. The highest BCUT2D eigenvalue weighted by atomic mass is 35.5. The largest absolute Gasteiger partial charge is 0.375 e. The van der Waals surface area contributed by atoms with Crippen molar-refractivity contribution in [2.45, 2.75) is 50.5 Å². The molecule has 1 aliphatic heterocycles. The lowest BCUT2D eigenvalue weighted by molar-refractivity contribution is -0.162. The molecule has 2 aromatic rings. The zero-order chi connectivity index (χ0) is 26.6. The Morgan fingerprint density at radius 1 is 1.05 bits per heavy atom. The van der Waals surface area contributed by atoms with Gasteiger partial charge in [0.05, 0.1) is 5.56 Å². The first kappa shape index (κ1) is 27.4. The summed E-state index contributed by atoms with van der Waals surface area (Å²) in [5.41, 5.74) is -0.308. The molecule has 0 spiro atoms. The molecule has 2 fully saturated rings. The molecule has 2 aliphatic rings. The fourth-order valence-electron chi connectivity index (χ4n) is 5.51. The van der Waals surface area contributed by atoms with Crippen molar-refractivity contribution in [2.24, 2.45) is 11.8 Å². The van der Waals surface area contributed by atoms with Crippen molar-refractivity contribution in [3.8, 4) is 0 Å². The molecule has 2 heterocycles. The molecule has 1 aliphatic carbocycles. The number of carbonyl (C=O) groups is 2. The van der Waals surface area contributed by atoms with Gasteiger partial charge in [0.1, 0.15) is 11.0 Å². The molecular formula is C29H39ClN4O3. The Balaban J connectivity index is 1.26. The molecule has 1 aromatic heterocycles. The van der Waals surface area contributed by atoms with Gasteiger partial charge < -0.3 is 19.8 Å². The molecule has 4 rings (SSSR count). The molecule has 0 bridgehead atoms. The van der Waals surface area contributed by atoms with E-state index < -0.39 is 5.60 Å². The lowest BCUT2D eigenvalue weighted by Crippen LogP contribution is -2.52. The van der Waals surface area contributed by atoms with E-state index in [2.05, 4.69) is 9.88 Å². The van der Waals surface area contributed by atoms with Gasteiger partial charge >= 0.3 is 0 Å². The van der Waals surface area contributed by atoms with Crippen molar-refractivity contribution in [2.75, 3.05) is 45.7 Å². The Morgan fingerprint density at radius 2 is 1.73 bits per heavy atom. The second-order valence-corrected chi connectivity index (χ2v) is 11.1. The SMILES string of the molecule is CN(C)C(=O)c1ccc(N2CCC(CCCN(C)C(=O)C(O)(c3ccccc3)C3CCC3)CC2)nc1Cl. The Hall–Kier alpha value is -2.64. The maximum Gasteiger partial charge on any atom is 0.259 e. The van der Waals surface area contributed by atoms with Crippen LogP contribution < -0.4 is 4.90 Å². The Morgan fingerprint density at radius 3 is 2.30 bits per heavy atom. The minimum atomic E-state index is -1.43. The molecule has 1 atom stereocenters. The lowest BCUT2D eigenvalue weighted by Gasteiger charge is -2.42.